The van der Waals surface area contributed by atoms with Gasteiger partial charge in [0, 0.05) is 37.0 Å². The number of hydrogen-bond acceptors (Lipinski definition) is 6. The molecule has 0 fully saturated rings. The summed E-state index contributed by atoms with van der Waals surface area (Å²) in [5, 5.41) is 10.9. The van der Waals surface area contributed by atoms with E-state index >= 15 is 0 Å². The van der Waals surface area contributed by atoms with Crippen molar-refractivity contribution < 1.29 is 13.7 Å². The van der Waals surface area contributed by atoms with Crippen LogP contribution in [-0.4, -0.2) is 30.8 Å². The van der Waals surface area contributed by atoms with E-state index in [-0.39, 0.29) is 18.1 Å². The number of aryl methyl sites for hydroxylation is 1. The Kier molecular flexibility index (Phi) is 5.37. The van der Waals surface area contributed by atoms with E-state index in [9.17, 15) is 9.18 Å². The zero-order valence-corrected chi connectivity index (χ0v) is 15.3. The molecule has 1 aromatic carbocycles. The van der Waals surface area contributed by atoms with Crippen molar-refractivity contribution in [2.24, 2.45) is 0 Å². The first-order valence-corrected chi connectivity index (χ1v) is 9.02. The van der Waals surface area contributed by atoms with Gasteiger partial charge in [-0.2, -0.15) is 10.1 Å². The van der Waals surface area contributed by atoms with Crippen LogP contribution >= 0.6 is 0 Å². The van der Waals surface area contributed by atoms with Crippen LogP contribution < -0.4 is 5.32 Å². The molecule has 0 saturated heterocycles. The fourth-order valence-corrected chi connectivity index (χ4v) is 2.76. The fourth-order valence-electron chi connectivity index (χ4n) is 2.76. The Labute approximate surface area is 165 Å². The largest absolute Gasteiger partial charge is 0.339 e. The highest BCUT2D eigenvalue weighted by molar-refractivity contribution is 5.92. The normalized spacial score (nSPS) is 10.8. The molecule has 0 aliphatic heterocycles. The molecule has 0 spiro atoms. The first-order valence-electron chi connectivity index (χ1n) is 9.02. The smallest absolute Gasteiger partial charge is 0.226 e. The van der Waals surface area contributed by atoms with Gasteiger partial charge in [-0.15, -0.1) is 0 Å². The van der Waals surface area contributed by atoms with Crippen molar-refractivity contribution in [3.63, 3.8) is 0 Å². The van der Waals surface area contributed by atoms with Crippen molar-refractivity contribution in [1.29, 1.82) is 0 Å². The summed E-state index contributed by atoms with van der Waals surface area (Å²) in [7, 11) is 0. The summed E-state index contributed by atoms with van der Waals surface area (Å²) in [4.78, 5) is 20.9. The van der Waals surface area contributed by atoms with Gasteiger partial charge in [-0.3, -0.25) is 4.79 Å². The van der Waals surface area contributed by atoms with E-state index in [0.29, 0.717) is 41.6 Å². The molecule has 29 heavy (non-hydrogen) atoms. The van der Waals surface area contributed by atoms with E-state index in [4.69, 9.17) is 4.52 Å². The molecule has 0 bridgehead atoms. The van der Waals surface area contributed by atoms with Gasteiger partial charge in [-0.1, -0.05) is 5.16 Å². The van der Waals surface area contributed by atoms with Crippen molar-refractivity contribution in [2.75, 3.05) is 5.32 Å². The standard InChI is InChI=1S/C20H17FN6O2/c21-15-9-7-14(8-10-15)19-25-18(29-26-19)6-1-5-17(28)24-16-4-2-11-22-20(16)27-13-3-12-23-27/h2-4,7-13H,1,5-6H2,(H,24,28). The second kappa shape index (κ2) is 8.42. The monoisotopic (exact) mass is 392 g/mol. The summed E-state index contributed by atoms with van der Waals surface area (Å²) < 4.78 is 19.8. The Balaban J connectivity index is 1.32. The van der Waals surface area contributed by atoms with Crippen LogP contribution in [0.1, 0.15) is 18.7 Å². The molecule has 8 nitrogen and oxygen atoms in total. The average molecular weight is 392 g/mol. The number of pyridine rings is 1. The van der Waals surface area contributed by atoms with Crippen LogP contribution in [0.3, 0.4) is 0 Å². The third-order valence-corrected chi connectivity index (χ3v) is 4.15. The molecule has 9 heteroatoms. The predicted octanol–water partition coefficient (Wildman–Crippen LogP) is 3.42. The second-order valence-corrected chi connectivity index (χ2v) is 6.25. The zero-order chi connectivity index (χ0) is 20.1. The Hall–Kier alpha value is -3.88. The number of hydrogen-bond donors (Lipinski definition) is 1. The molecule has 1 amide bonds. The van der Waals surface area contributed by atoms with Gasteiger partial charge >= 0.3 is 0 Å². The lowest BCUT2D eigenvalue weighted by Gasteiger charge is -2.09. The molecule has 0 saturated carbocycles. The van der Waals surface area contributed by atoms with Crippen molar-refractivity contribution in [3.8, 4) is 17.2 Å². The topological polar surface area (TPSA) is 98.7 Å². The number of nitrogens with zero attached hydrogens (tertiary/aromatic N) is 5. The van der Waals surface area contributed by atoms with Gasteiger partial charge in [0.25, 0.3) is 0 Å². The van der Waals surface area contributed by atoms with Crippen LogP contribution in [0.4, 0.5) is 10.1 Å². The SMILES string of the molecule is O=C(CCCc1nc(-c2ccc(F)cc2)no1)Nc1cccnc1-n1cccn1. The molecule has 146 valence electrons. The number of amides is 1. The predicted molar refractivity (Wildman–Crippen MR) is 103 cm³/mol. The van der Waals surface area contributed by atoms with Gasteiger partial charge < -0.3 is 9.84 Å². The summed E-state index contributed by atoms with van der Waals surface area (Å²) in [6, 6.07) is 11.2. The van der Waals surface area contributed by atoms with Gasteiger partial charge in [-0.25, -0.2) is 14.1 Å². The maximum atomic E-state index is 13.0. The molecule has 0 unspecified atom stereocenters. The molecule has 0 aliphatic carbocycles. The number of nitrogens with one attached hydrogen (secondary N) is 1. The number of carbonyl (C=O) groups excluding carboxylic acids is 1. The van der Waals surface area contributed by atoms with Gasteiger partial charge in [0.15, 0.2) is 5.82 Å². The third kappa shape index (κ3) is 4.52. The summed E-state index contributed by atoms with van der Waals surface area (Å²) in [6.07, 6.45) is 6.31. The molecular weight excluding hydrogens is 375 g/mol. The van der Waals surface area contributed by atoms with E-state index in [2.05, 4.69) is 25.5 Å². The summed E-state index contributed by atoms with van der Waals surface area (Å²) in [5.41, 5.74) is 1.25. The zero-order valence-electron chi connectivity index (χ0n) is 15.3. The summed E-state index contributed by atoms with van der Waals surface area (Å²) >= 11 is 0. The number of anilines is 1. The van der Waals surface area contributed by atoms with Crippen LogP contribution in [0.5, 0.6) is 0 Å². The first-order chi connectivity index (χ1) is 14.2. The number of rotatable bonds is 7. The van der Waals surface area contributed by atoms with E-state index in [0.717, 1.165) is 0 Å². The van der Waals surface area contributed by atoms with Crippen LogP contribution in [0.15, 0.2) is 65.6 Å². The Morgan fingerprint density at radius 1 is 1.14 bits per heavy atom. The van der Waals surface area contributed by atoms with E-state index in [1.165, 1.54) is 12.1 Å². The van der Waals surface area contributed by atoms with Crippen molar-refractivity contribution in [2.45, 2.75) is 19.3 Å². The fraction of sp³-hybridized carbons (Fsp3) is 0.150. The molecule has 0 radical (unpaired) electrons. The van der Waals surface area contributed by atoms with Crippen LogP contribution in [0, 0.1) is 5.82 Å². The van der Waals surface area contributed by atoms with Gasteiger partial charge in [-0.05, 0) is 48.9 Å². The summed E-state index contributed by atoms with van der Waals surface area (Å²) in [5.74, 6) is 0.892. The molecular formula is C20H17FN6O2. The highest BCUT2D eigenvalue weighted by Crippen LogP contribution is 2.18. The molecule has 4 rings (SSSR count). The van der Waals surface area contributed by atoms with Gasteiger partial charge in [0.05, 0.1) is 5.69 Å². The lowest BCUT2D eigenvalue weighted by Crippen LogP contribution is -2.14. The van der Waals surface area contributed by atoms with Crippen molar-refractivity contribution in [3.05, 3.63) is 72.8 Å². The lowest BCUT2D eigenvalue weighted by molar-refractivity contribution is -0.116. The third-order valence-electron chi connectivity index (χ3n) is 4.15. The van der Waals surface area contributed by atoms with Crippen LogP contribution in [0.25, 0.3) is 17.2 Å². The van der Waals surface area contributed by atoms with Gasteiger partial charge in [0.2, 0.25) is 17.6 Å². The average Bonchev–Trinajstić information content (AvgIpc) is 3.41. The highest BCUT2D eigenvalue weighted by Gasteiger charge is 2.12. The summed E-state index contributed by atoms with van der Waals surface area (Å²) in [6.45, 7) is 0. The van der Waals surface area contributed by atoms with E-state index in [1.807, 2.05) is 0 Å². The first kappa shape index (κ1) is 18.5. The number of carbonyl (C=O) groups is 1. The maximum Gasteiger partial charge on any atom is 0.226 e. The Morgan fingerprint density at radius 2 is 2.00 bits per heavy atom. The quantitative estimate of drug-likeness (QED) is 0.517. The minimum absolute atomic E-state index is 0.148. The van der Waals surface area contributed by atoms with Crippen molar-refractivity contribution in [1.82, 2.24) is 24.9 Å². The minimum Gasteiger partial charge on any atom is -0.339 e. The highest BCUT2D eigenvalue weighted by atomic mass is 19.1. The van der Waals surface area contributed by atoms with Crippen LogP contribution in [0.2, 0.25) is 0 Å². The molecule has 0 atom stereocenters. The number of benzene rings is 1. The van der Waals surface area contributed by atoms with Gasteiger partial charge in [0.1, 0.15) is 5.82 Å². The molecule has 1 N–H and O–H groups in total. The minimum atomic E-state index is -0.326. The van der Waals surface area contributed by atoms with E-state index in [1.54, 1.807) is 53.6 Å². The molecule has 0 aliphatic rings. The maximum absolute atomic E-state index is 13.0. The molecule has 3 heterocycles. The van der Waals surface area contributed by atoms with Crippen molar-refractivity contribution >= 4 is 11.6 Å². The number of aromatic nitrogens is 5. The second-order valence-electron chi connectivity index (χ2n) is 6.25. The lowest BCUT2D eigenvalue weighted by atomic mass is 10.2. The van der Waals surface area contributed by atoms with E-state index < -0.39 is 0 Å². The number of halogens is 1. The van der Waals surface area contributed by atoms with Crippen LogP contribution in [-0.2, 0) is 11.2 Å². The molecule has 4 aromatic rings. The Morgan fingerprint density at radius 3 is 2.79 bits per heavy atom. The molecule has 3 aromatic heterocycles. The Bertz CT molecular complexity index is 1090.